The van der Waals surface area contributed by atoms with Gasteiger partial charge in [-0.1, -0.05) is 6.07 Å². The summed E-state index contributed by atoms with van der Waals surface area (Å²) >= 11 is 0. The maximum Gasteiger partial charge on any atom is 0.319 e. The van der Waals surface area contributed by atoms with Crippen molar-refractivity contribution in [1.29, 1.82) is 0 Å². The van der Waals surface area contributed by atoms with Gasteiger partial charge in [0.1, 0.15) is 5.75 Å². The van der Waals surface area contributed by atoms with Gasteiger partial charge in [0.25, 0.3) is 0 Å². The molecule has 0 bridgehead atoms. The summed E-state index contributed by atoms with van der Waals surface area (Å²) in [6.07, 6.45) is 0.533. The van der Waals surface area contributed by atoms with E-state index in [1.807, 2.05) is 6.92 Å². The van der Waals surface area contributed by atoms with E-state index >= 15 is 0 Å². The van der Waals surface area contributed by atoms with Crippen LogP contribution in [0.15, 0.2) is 24.3 Å². The van der Waals surface area contributed by atoms with E-state index in [-0.39, 0.29) is 18.7 Å². The van der Waals surface area contributed by atoms with Crippen LogP contribution in [0.5, 0.6) is 5.75 Å². The van der Waals surface area contributed by atoms with Crippen molar-refractivity contribution in [2.24, 2.45) is 0 Å². The third-order valence-electron chi connectivity index (χ3n) is 2.27. The summed E-state index contributed by atoms with van der Waals surface area (Å²) in [5, 5.41) is 14.1. The van der Waals surface area contributed by atoms with Gasteiger partial charge in [-0.2, -0.15) is 0 Å². The highest BCUT2D eigenvalue weighted by molar-refractivity contribution is 5.89. The Balaban J connectivity index is 2.49. The lowest BCUT2D eigenvalue weighted by Gasteiger charge is -2.13. The van der Waals surface area contributed by atoms with Gasteiger partial charge in [-0.3, -0.25) is 0 Å². The summed E-state index contributed by atoms with van der Waals surface area (Å²) in [5.41, 5.74) is 0.665. The lowest BCUT2D eigenvalue weighted by atomic mass is 10.2. The maximum atomic E-state index is 11.6. The fourth-order valence-corrected chi connectivity index (χ4v) is 1.36. The number of carbonyl (C=O) groups excluding carboxylic acids is 1. The molecule has 0 spiro atoms. The van der Waals surface area contributed by atoms with Crippen molar-refractivity contribution in [2.75, 3.05) is 19.0 Å². The van der Waals surface area contributed by atoms with Gasteiger partial charge in [0, 0.05) is 24.4 Å². The van der Waals surface area contributed by atoms with Crippen LogP contribution >= 0.6 is 0 Å². The van der Waals surface area contributed by atoms with Gasteiger partial charge < -0.3 is 20.5 Å². The van der Waals surface area contributed by atoms with Crippen molar-refractivity contribution in [3.8, 4) is 5.75 Å². The molecule has 1 unspecified atom stereocenters. The topological polar surface area (TPSA) is 70.6 Å². The van der Waals surface area contributed by atoms with Crippen molar-refractivity contribution < 1.29 is 14.6 Å². The quantitative estimate of drug-likeness (QED) is 0.729. The van der Waals surface area contributed by atoms with E-state index in [0.29, 0.717) is 17.9 Å². The number of rotatable bonds is 5. The van der Waals surface area contributed by atoms with Gasteiger partial charge in [-0.25, -0.2) is 4.79 Å². The SMILES string of the molecule is COc1cccc(NC(=O)NC(C)CCO)c1. The summed E-state index contributed by atoms with van der Waals surface area (Å²) in [5.74, 6) is 0.686. The monoisotopic (exact) mass is 238 g/mol. The zero-order chi connectivity index (χ0) is 12.7. The number of urea groups is 1. The van der Waals surface area contributed by atoms with Gasteiger partial charge in [-0.15, -0.1) is 0 Å². The molecule has 0 aromatic heterocycles. The molecule has 2 amide bonds. The molecule has 1 rings (SSSR count). The summed E-state index contributed by atoms with van der Waals surface area (Å²) in [6.45, 7) is 1.89. The molecule has 0 aliphatic carbocycles. The van der Waals surface area contributed by atoms with Crippen LogP contribution in [0.2, 0.25) is 0 Å². The molecule has 5 heteroatoms. The second kappa shape index (κ2) is 6.75. The smallest absolute Gasteiger partial charge is 0.319 e. The zero-order valence-electron chi connectivity index (χ0n) is 10.1. The summed E-state index contributed by atoms with van der Waals surface area (Å²) in [7, 11) is 1.57. The molecule has 94 valence electrons. The second-order valence-electron chi connectivity index (χ2n) is 3.74. The Hall–Kier alpha value is -1.75. The Morgan fingerprint density at radius 1 is 1.53 bits per heavy atom. The molecule has 3 N–H and O–H groups in total. The van der Waals surface area contributed by atoms with E-state index < -0.39 is 0 Å². The zero-order valence-corrected chi connectivity index (χ0v) is 10.1. The van der Waals surface area contributed by atoms with Crippen LogP contribution in [0.25, 0.3) is 0 Å². The van der Waals surface area contributed by atoms with Gasteiger partial charge in [0.2, 0.25) is 0 Å². The Kier molecular flexibility index (Phi) is 5.29. The number of benzene rings is 1. The van der Waals surface area contributed by atoms with Crippen molar-refractivity contribution >= 4 is 11.7 Å². The number of hydrogen-bond donors (Lipinski definition) is 3. The highest BCUT2D eigenvalue weighted by Crippen LogP contribution is 2.16. The molecule has 1 aromatic carbocycles. The minimum atomic E-state index is -0.292. The molecule has 0 aliphatic rings. The lowest BCUT2D eigenvalue weighted by molar-refractivity contribution is 0.241. The summed E-state index contributed by atoms with van der Waals surface area (Å²) < 4.78 is 5.05. The highest BCUT2D eigenvalue weighted by atomic mass is 16.5. The summed E-state index contributed by atoms with van der Waals surface area (Å²) in [6, 6.07) is 6.75. The van der Waals surface area contributed by atoms with Crippen molar-refractivity contribution in [3.63, 3.8) is 0 Å². The van der Waals surface area contributed by atoms with Crippen LogP contribution in [0.4, 0.5) is 10.5 Å². The fourth-order valence-electron chi connectivity index (χ4n) is 1.36. The molecule has 5 nitrogen and oxygen atoms in total. The number of ether oxygens (including phenoxy) is 1. The predicted octanol–water partition coefficient (Wildman–Crippen LogP) is 1.59. The molecule has 1 aromatic rings. The molecule has 1 atom stereocenters. The normalized spacial score (nSPS) is 11.7. The molecule has 0 saturated heterocycles. The minimum Gasteiger partial charge on any atom is -0.497 e. The average molecular weight is 238 g/mol. The molecule has 0 heterocycles. The van der Waals surface area contributed by atoms with Crippen molar-refractivity contribution in [3.05, 3.63) is 24.3 Å². The van der Waals surface area contributed by atoms with E-state index in [0.717, 1.165) is 0 Å². The van der Waals surface area contributed by atoms with Crippen molar-refractivity contribution in [2.45, 2.75) is 19.4 Å². The standard InChI is InChI=1S/C12H18N2O3/c1-9(6-7-15)13-12(16)14-10-4-3-5-11(8-10)17-2/h3-5,8-9,15H,6-7H2,1-2H3,(H2,13,14,16). The number of anilines is 1. The molecule has 0 radical (unpaired) electrons. The molecule has 0 fully saturated rings. The van der Waals surface area contributed by atoms with Gasteiger partial charge >= 0.3 is 6.03 Å². The number of aliphatic hydroxyl groups is 1. The number of carbonyl (C=O) groups is 1. The first-order valence-electron chi connectivity index (χ1n) is 5.48. The van der Waals surface area contributed by atoms with E-state index in [9.17, 15) is 4.79 Å². The Morgan fingerprint density at radius 2 is 2.29 bits per heavy atom. The number of aliphatic hydroxyl groups excluding tert-OH is 1. The minimum absolute atomic E-state index is 0.0562. The van der Waals surface area contributed by atoms with Gasteiger partial charge in [0.05, 0.1) is 7.11 Å². The molecular formula is C12H18N2O3. The van der Waals surface area contributed by atoms with E-state index in [2.05, 4.69) is 10.6 Å². The Bertz CT molecular complexity index is 369. The van der Waals surface area contributed by atoms with Crippen LogP contribution < -0.4 is 15.4 Å². The van der Waals surface area contributed by atoms with Crippen LogP contribution in [0, 0.1) is 0 Å². The average Bonchev–Trinajstić information content (AvgIpc) is 2.29. The predicted molar refractivity (Wildman–Crippen MR) is 66.3 cm³/mol. The number of methoxy groups -OCH3 is 1. The van der Waals surface area contributed by atoms with Crippen molar-refractivity contribution in [1.82, 2.24) is 5.32 Å². The van der Waals surface area contributed by atoms with Gasteiger partial charge in [-0.05, 0) is 25.5 Å². The first-order chi connectivity index (χ1) is 8.15. The first-order valence-corrected chi connectivity index (χ1v) is 5.48. The summed E-state index contributed by atoms with van der Waals surface area (Å²) in [4.78, 5) is 11.6. The van der Waals surface area contributed by atoms with Crippen LogP contribution in [-0.2, 0) is 0 Å². The van der Waals surface area contributed by atoms with E-state index in [1.165, 1.54) is 0 Å². The largest absolute Gasteiger partial charge is 0.497 e. The first kappa shape index (κ1) is 13.3. The van der Waals surface area contributed by atoms with Crippen LogP contribution in [-0.4, -0.2) is 30.9 Å². The lowest BCUT2D eigenvalue weighted by Crippen LogP contribution is -2.36. The second-order valence-corrected chi connectivity index (χ2v) is 3.74. The van der Waals surface area contributed by atoms with E-state index in [4.69, 9.17) is 9.84 Å². The fraction of sp³-hybridized carbons (Fsp3) is 0.417. The third-order valence-corrected chi connectivity index (χ3v) is 2.27. The molecular weight excluding hydrogens is 220 g/mol. The molecule has 0 aliphatic heterocycles. The third kappa shape index (κ3) is 4.74. The Labute approximate surface area is 101 Å². The number of nitrogens with one attached hydrogen (secondary N) is 2. The Morgan fingerprint density at radius 3 is 2.94 bits per heavy atom. The van der Waals surface area contributed by atoms with Crippen LogP contribution in [0.3, 0.4) is 0 Å². The van der Waals surface area contributed by atoms with Gasteiger partial charge in [0.15, 0.2) is 0 Å². The number of amides is 2. The maximum absolute atomic E-state index is 11.6. The highest BCUT2D eigenvalue weighted by Gasteiger charge is 2.06. The van der Waals surface area contributed by atoms with E-state index in [1.54, 1.807) is 31.4 Å². The van der Waals surface area contributed by atoms with Crippen LogP contribution in [0.1, 0.15) is 13.3 Å². The molecule has 17 heavy (non-hydrogen) atoms. The molecule has 0 saturated carbocycles. The number of hydrogen-bond acceptors (Lipinski definition) is 3.